The molecule has 1 saturated heterocycles. The third-order valence-electron chi connectivity index (χ3n) is 6.67. The number of ether oxygens (including phenoxy) is 1. The van der Waals surface area contributed by atoms with E-state index < -0.39 is 0 Å². The number of aromatic nitrogens is 3. The lowest BCUT2D eigenvalue weighted by Crippen LogP contribution is -2.38. The topological polar surface area (TPSA) is 119 Å². The van der Waals surface area contributed by atoms with Crippen LogP contribution in [0.25, 0.3) is 22.6 Å². The van der Waals surface area contributed by atoms with Crippen LogP contribution in [0.2, 0.25) is 5.02 Å². The Hall–Kier alpha value is -4.13. The number of nitrogens with zero attached hydrogens (tertiary/aromatic N) is 4. The van der Waals surface area contributed by atoms with Gasteiger partial charge in [0.15, 0.2) is 12.3 Å². The number of carbonyl (C=O) groups is 1. The monoisotopic (exact) mass is 529 g/mol. The number of anilines is 1. The van der Waals surface area contributed by atoms with Crippen molar-refractivity contribution in [3.63, 3.8) is 0 Å². The van der Waals surface area contributed by atoms with Crippen LogP contribution in [0.3, 0.4) is 0 Å². The molecule has 0 atom stereocenters. The second kappa shape index (κ2) is 11.5. The zero-order valence-corrected chi connectivity index (χ0v) is 21.8. The fourth-order valence-corrected chi connectivity index (χ4v) is 4.71. The summed E-state index contributed by atoms with van der Waals surface area (Å²) in [4.78, 5) is 26.4. The molecule has 0 bridgehead atoms. The third kappa shape index (κ3) is 5.88. The summed E-state index contributed by atoms with van der Waals surface area (Å²) in [6, 6.07) is 17.6. The average Bonchev–Trinajstić information content (AvgIpc) is 3.39. The minimum Gasteiger partial charge on any atom is -0.484 e. The molecule has 0 saturated carbocycles. The van der Waals surface area contributed by atoms with E-state index in [-0.39, 0.29) is 18.6 Å². The van der Waals surface area contributed by atoms with Gasteiger partial charge in [-0.15, -0.1) is 0 Å². The van der Waals surface area contributed by atoms with Crippen LogP contribution in [0.15, 0.2) is 54.7 Å². The Morgan fingerprint density at radius 3 is 2.61 bits per heavy atom. The molecule has 4 aromatic rings. The maximum absolute atomic E-state index is 11.4. The highest BCUT2D eigenvalue weighted by Crippen LogP contribution is 2.32. The smallest absolute Gasteiger partial charge is 0.257 e. The SMILES string of the molecule is CNC(=O)COc1ccc(-c2nc3c(NC4CCN(Cc5ccc(C#N)cc5)CC4)c(Cl)cnc3[nH]2)cc1. The first-order valence-corrected chi connectivity index (χ1v) is 12.9. The predicted octanol–water partition coefficient (Wildman–Crippen LogP) is 4.35. The summed E-state index contributed by atoms with van der Waals surface area (Å²) in [5, 5.41) is 15.7. The van der Waals surface area contributed by atoms with Gasteiger partial charge >= 0.3 is 0 Å². The van der Waals surface area contributed by atoms with Gasteiger partial charge in [-0.25, -0.2) is 9.97 Å². The number of nitrogens with one attached hydrogen (secondary N) is 3. The number of nitriles is 1. The van der Waals surface area contributed by atoms with Crippen LogP contribution in [-0.4, -0.2) is 58.5 Å². The van der Waals surface area contributed by atoms with Gasteiger partial charge in [0.2, 0.25) is 0 Å². The number of imidazole rings is 1. The van der Waals surface area contributed by atoms with Crippen molar-refractivity contribution < 1.29 is 9.53 Å². The molecule has 3 N–H and O–H groups in total. The molecule has 0 unspecified atom stereocenters. The summed E-state index contributed by atoms with van der Waals surface area (Å²) in [5.74, 6) is 1.08. The van der Waals surface area contributed by atoms with Crippen molar-refractivity contribution in [1.82, 2.24) is 25.2 Å². The number of H-pyrrole nitrogens is 1. The molecule has 0 spiro atoms. The first-order valence-electron chi connectivity index (χ1n) is 12.5. The summed E-state index contributed by atoms with van der Waals surface area (Å²) >= 11 is 6.57. The van der Waals surface area contributed by atoms with Crippen LogP contribution in [-0.2, 0) is 11.3 Å². The predicted molar refractivity (Wildman–Crippen MR) is 147 cm³/mol. The molecule has 5 rings (SSSR count). The van der Waals surface area contributed by atoms with Crippen LogP contribution >= 0.6 is 11.6 Å². The van der Waals surface area contributed by atoms with Crippen LogP contribution in [0.5, 0.6) is 5.75 Å². The molecule has 10 heteroatoms. The van der Waals surface area contributed by atoms with Gasteiger partial charge in [-0.1, -0.05) is 23.7 Å². The molecular weight excluding hydrogens is 502 g/mol. The number of piperidine rings is 1. The van der Waals surface area contributed by atoms with Gasteiger partial charge in [0.05, 0.1) is 28.5 Å². The lowest BCUT2D eigenvalue weighted by atomic mass is 10.0. The summed E-state index contributed by atoms with van der Waals surface area (Å²) < 4.78 is 5.48. The Morgan fingerprint density at radius 1 is 1.18 bits per heavy atom. The average molecular weight is 530 g/mol. The van der Waals surface area contributed by atoms with E-state index in [0.717, 1.165) is 43.7 Å². The van der Waals surface area contributed by atoms with E-state index in [1.165, 1.54) is 5.56 Å². The summed E-state index contributed by atoms with van der Waals surface area (Å²) in [6.07, 6.45) is 3.60. The van der Waals surface area contributed by atoms with Gasteiger partial charge in [0.25, 0.3) is 5.91 Å². The normalized spacial score (nSPS) is 14.2. The standard InChI is InChI=1S/C28H28ClN7O2/c1-31-24(37)17-38-22-8-6-20(7-9-22)27-34-26-25(23(29)15-32-28(26)35-27)33-21-10-12-36(13-11-21)16-19-4-2-18(14-30)3-5-19/h2-9,15,21H,10-13,16-17H2,1H3,(H,31,37)(H2,32,33,34,35). The molecule has 2 aromatic carbocycles. The van der Waals surface area contributed by atoms with Crippen molar-refractivity contribution in [1.29, 1.82) is 5.26 Å². The molecule has 194 valence electrons. The Bertz CT molecular complexity index is 1450. The summed E-state index contributed by atoms with van der Waals surface area (Å²) in [6.45, 7) is 2.76. The molecule has 3 heterocycles. The fourth-order valence-electron chi connectivity index (χ4n) is 4.52. The first kappa shape index (κ1) is 25.5. The highest BCUT2D eigenvalue weighted by atomic mass is 35.5. The second-order valence-electron chi connectivity index (χ2n) is 9.25. The number of likely N-dealkylation sites (N-methyl/N-ethyl adjacent to an activating group) is 1. The van der Waals surface area contributed by atoms with E-state index in [9.17, 15) is 4.79 Å². The van der Waals surface area contributed by atoms with Gasteiger partial charge in [0, 0.05) is 38.3 Å². The minimum absolute atomic E-state index is 0.0354. The minimum atomic E-state index is -0.189. The van der Waals surface area contributed by atoms with Crippen LogP contribution in [0.4, 0.5) is 5.69 Å². The van der Waals surface area contributed by atoms with Gasteiger partial charge in [0.1, 0.15) is 17.1 Å². The Morgan fingerprint density at radius 2 is 1.92 bits per heavy atom. The van der Waals surface area contributed by atoms with Crippen molar-refractivity contribution >= 4 is 34.4 Å². The van der Waals surface area contributed by atoms with E-state index in [2.05, 4.69) is 31.6 Å². The Labute approximate surface area is 225 Å². The summed E-state index contributed by atoms with van der Waals surface area (Å²) in [5.41, 5.74) is 4.91. The molecule has 1 aliphatic heterocycles. The number of carbonyl (C=O) groups excluding carboxylic acids is 1. The second-order valence-corrected chi connectivity index (χ2v) is 9.66. The van der Waals surface area contributed by atoms with E-state index in [4.69, 9.17) is 26.6 Å². The van der Waals surface area contributed by atoms with Crippen molar-refractivity contribution in [3.8, 4) is 23.2 Å². The van der Waals surface area contributed by atoms with E-state index in [1.807, 2.05) is 36.4 Å². The summed E-state index contributed by atoms with van der Waals surface area (Å²) in [7, 11) is 1.57. The Kier molecular flexibility index (Phi) is 7.73. The van der Waals surface area contributed by atoms with Crippen molar-refractivity contribution in [3.05, 3.63) is 70.9 Å². The maximum Gasteiger partial charge on any atom is 0.257 e. The molecule has 1 amide bonds. The largest absolute Gasteiger partial charge is 0.484 e. The number of pyridine rings is 1. The van der Waals surface area contributed by atoms with Gasteiger partial charge in [-0.05, 0) is 54.8 Å². The number of hydrogen-bond donors (Lipinski definition) is 3. The number of benzene rings is 2. The van der Waals surface area contributed by atoms with E-state index >= 15 is 0 Å². The lowest BCUT2D eigenvalue weighted by molar-refractivity contribution is -0.122. The number of amides is 1. The quantitative estimate of drug-likeness (QED) is 0.310. The highest BCUT2D eigenvalue weighted by Gasteiger charge is 2.22. The van der Waals surface area contributed by atoms with Gasteiger partial charge < -0.3 is 20.4 Å². The van der Waals surface area contributed by atoms with Crippen molar-refractivity contribution in [2.45, 2.75) is 25.4 Å². The van der Waals surface area contributed by atoms with Crippen LogP contribution < -0.4 is 15.4 Å². The molecule has 0 aliphatic carbocycles. The lowest BCUT2D eigenvalue weighted by Gasteiger charge is -2.33. The number of likely N-dealkylation sites (tertiary alicyclic amines) is 1. The molecular formula is C28H28ClN7O2. The number of hydrogen-bond acceptors (Lipinski definition) is 7. The molecule has 0 radical (unpaired) electrons. The molecule has 38 heavy (non-hydrogen) atoms. The van der Waals surface area contributed by atoms with Crippen molar-refractivity contribution in [2.24, 2.45) is 0 Å². The molecule has 1 aliphatic rings. The maximum atomic E-state index is 11.4. The third-order valence-corrected chi connectivity index (χ3v) is 6.96. The molecule has 1 fully saturated rings. The fraction of sp³-hybridized carbons (Fsp3) is 0.286. The number of aromatic amines is 1. The van der Waals surface area contributed by atoms with Crippen LogP contribution in [0, 0.1) is 11.3 Å². The van der Waals surface area contributed by atoms with E-state index in [1.54, 1.807) is 25.4 Å². The van der Waals surface area contributed by atoms with Crippen molar-refractivity contribution in [2.75, 3.05) is 32.1 Å². The Balaban J connectivity index is 1.24. The van der Waals surface area contributed by atoms with Gasteiger partial charge in [-0.3, -0.25) is 9.69 Å². The number of fused-ring (bicyclic) bond motifs is 1. The molecule has 9 nitrogen and oxygen atoms in total. The number of rotatable bonds is 8. The zero-order chi connectivity index (χ0) is 26.5. The van der Waals surface area contributed by atoms with Gasteiger partial charge in [-0.2, -0.15) is 5.26 Å². The van der Waals surface area contributed by atoms with Crippen LogP contribution in [0.1, 0.15) is 24.0 Å². The molecule has 2 aromatic heterocycles. The highest BCUT2D eigenvalue weighted by molar-refractivity contribution is 6.34. The first-order chi connectivity index (χ1) is 18.5. The number of halogens is 1. The van der Waals surface area contributed by atoms with E-state index in [0.29, 0.717) is 33.3 Å². The zero-order valence-electron chi connectivity index (χ0n) is 21.0.